The molecule has 0 amide bonds. The average molecular weight is 328 g/mol. The summed E-state index contributed by atoms with van der Waals surface area (Å²) in [6.45, 7) is 0.561. The van der Waals surface area contributed by atoms with Gasteiger partial charge in [0.05, 0.1) is 14.2 Å². The maximum atomic E-state index is 10.9. The number of methoxy groups -OCH3 is 2. The Labute approximate surface area is 137 Å². The molecule has 0 atom stereocenters. The van der Waals surface area contributed by atoms with E-state index in [0.29, 0.717) is 29.1 Å². The summed E-state index contributed by atoms with van der Waals surface area (Å²) < 4.78 is 15.7. The summed E-state index contributed by atoms with van der Waals surface area (Å²) in [7, 11) is 3.18. The minimum atomic E-state index is -1.19. The third kappa shape index (κ3) is 3.10. The number of benzene rings is 2. The van der Waals surface area contributed by atoms with E-state index in [1.54, 1.807) is 26.4 Å². The molecule has 1 aromatic heterocycles. The first kappa shape index (κ1) is 15.7. The topological polar surface area (TPSA) is 93.8 Å². The lowest BCUT2D eigenvalue weighted by Gasteiger charge is -2.11. The number of nitrogens with one attached hydrogen (secondary N) is 1. The number of hydrogen-bond acceptors (Lipinski definition) is 6. The first-order valence-corrected chi connectivity index (χ1v) is 7.19. The zero-order valence-electron chi connectivity index (χ0n) is 13.2. The van der Waals surface area contributed by atoms with Crippen molar-refractivity contribution in [3.63, 3.8) is 0 Å². The van der Waals surface area contributed by atoms with E-state index in [1.807, 2.05) is 24.3 Å². The second-order valence-electron chi connectivity index (χ2n) is 5.05. The van der Waals surface area contributed by atoms with Gasteiger partial charge < -0.3 is 24.3 Å². The molecule has 3 aromatic rings. The van der Waals surface area contributed by atoms with Crippen LogP contribution in [0.15, 0.2) is 40.8 Å². The SMILES string of the molecule is COc1ccc(CNc2ccc3nc(C(=O)O)oc3c2)cc1OC. The highest BCUT2D eigenvalue weighted by Crippen LogP contribution is 2.28. The number of hydrogen-bond donors (Lipinski definition) is 2. The molecule has 3 rings (SSSR count). The van der Waals surface area contributed by atoms with Gasteiger partial charge in [-0.15, -0.1) is 0 Å². The molecule has 0 spiro atoms. The first-order valence-electron chi connectivity index (χ1n) is 7.19. The van der Waals surface area contributed by atoms with E-state index >= 15 is 0 Å². The Morgan fingerprint density at radius 1 is 1.17 bits per heavy atom. The van der Waals surface area contributed by atoms with Gasteiger partial charge in [0.25, 0.3) is 0 Å². The zero-order chi connectivity index (χ0) is 17.1. The molecular weight excluding hydrogens is 312 g/mol. The summed E-state index contributed by atoms with van der Waals surface area (Å²) in [6.07, 6.45) is 0. The zero-order valence-corrected chi connectivity index (χ0v) is 13.2. The van der Waals surface area contributed by atoms with Crippen molar-refractivity contribution in [3.8, 4) is 11.5 Å². The number of rotatable bonds is 6. The van der Waals surface area contributed by atoms with Crippen molar-refractivity contribution >= 4 is 22.8 Å². The summed E-state index contributed by atoms with van der Waals surface area (Å²) in [6, 6.07) is 10.9. The monoisotopic (exact) mass is 328 g/mol. The highest BCUT2D eigenvalue weighted by Gasteiger charge is 2.12. The van der Waals surface area contributed by atoms with E-state index in [1.165, 1.54) is 0 Å². The summed E-state index contributed by atoms with van der Waals surface area (Å²) in [4.78, 5) is 14.8. The highest BCUT2D eigenvalue weighted by atomic mass is 16.5. The van der Waals surface area contributed by atoms with Crippen LogP contribution in [0.5, 0.6) is 11.5 Å². The van der Waals surface area contributed by atoms with Crippen LogP contribution in [0.25, 0.3) is 11.1 Å². The van der Waals surface area contributed by atoms with Gasteiger partial charge in [-0.25, -0.2) is 9.78 Å². The standard InChI is InChI=1S/C17H16N2O5/c1-22-13-6-3-10(7-15(13)23-2)9-18-11-4-5-12-14(8-11)24-16(19-12)17(20)21/h3-8,18H,9H2,1-2H3,(H,20,21). The van der Waals surface area contributed by atoms with Crippen LogP contribution in [-0.2, 0) is 6.54 Å². The summed E-state index contributed by atoms with van der Waals surface area (Å²) in [5, 5.41) is 12.2. The lowest BCUT2D eigenvalue weighted by atomic mass is 10.2. The lowest BCUT2D eigenvalue weighted by molar-refractivity contribution is 0.0656. The van der Waals surface area contributed by atoms with Crippen LogP contribution in [0.2, 0.25) is 0 Å². The fraction of sp³-hybridized carbons (Fsp3) is 0.176. The van der Waals surface area contributed by atoms with E-state index in [4.69, 9.17) is 19.0 Å². The van der Waals surface area contributed by atoms with Gasteiger partial charge in [-0.3, -0.25) is 0 Å². The average Bonchev–Trinajstić information content (AvgIpc) is 3.03. The van der Waals surface area contributed by atoms with E-state index in [2.05, 4.69) is 10.3 Å². The summed E-state index contributed by atoms with van der Waals surface area (Å²) in [5.74, 6) is -0.174. The van der Waals surface area contributed by atoms with Crippen LogP contribution in [-0.4, -0.2) is 30.3 Å². The van der Waals surface area contributed by atoms with Crippen molar-refractivity contribution in [1.82, 2.24) is 4.98 Å². The normalized spacial score (nSPS) is 10.6. The second kappa shape index (κ2) is 6.49. The predicted molar refractivity (Wildman–Crippen MR) is 87.8 cm³/mol. The molecule has 0 bridgehead atoms. The molecule has 7 heteroatoms. The third-order valence-corrected chi connectivity index (χ3v) is 3.52. The minimum Gasteiger partial charge on any atom is -0.493 e. The van der Waals surface area contributed by atoms with Gasteiger partial charge in [0.15, 0.2) is 17.1 Å². The fourth-order valence-electron chi connectivity index (χ4n) is 2.32. The van der Waals surface area contributed by atoms with E-state index in [0.717, 1.165) is 11.3 Å². The third-order valence-electron chi connectivity index (χ3n) is 3.52. The van der Waals surface area contributed by atoms with Crippen LogP contribution < -0.4 is 14.8 Å². The molecule has 1 heterocycles. The number of nitrogens with zero attached hydrogens (tertiary/aromatic N) is 1. The number of aromatic carboxylic acids is 1. The number of fused-ring (bicyclic) bond motifs is 1. The fourth-order valence-corrected chi connectivity index (χ4v) is 2.32. The first-order chi connectivity index (χ1) is 11.6. The Morgan fingerprint density at radius 2 is 1.96 bits per heavy atom. The number of carboxylic acid groups (broad SMARTS) is 1. The van der Waals surface area contributed by atoms with E-state index in [-0.39, 0.29) is 5.89 Å². The van der Waals surface area contributed by atoms with Crippen molar-refractivity contribution in [1.29, 1.82) is 0 Å². The van der Waals surface area contributed by atoms with Crippen LogP contribution in [0.4, 0.5) is 5.69 Å². The van der Waals surface area contributed by atoms with Crippen LogP contribution in [0.1, 0.15) is 16.2 Å². The largest absolute Gasteiger partial charge is 0.493 e. The molecule has 2 N–H and O–H groups in total. The van der Waals surface area contributed by atoms with Crippen LogP contribution >= 0.6 is 0 Å². The van der Waals surface area contributed by atoms with Crippen molar-refractivity contribution in [2.24, 2.45) is 0 Å². The molecule has 0 unspecified atom stereocenters. The molecule has 0 saturated carbocycles. The number of aromatic nitrogens is 1. The quantitative estimate of drug-likeness (QED) is 0.718. The minimum absolute atomic E-state index is 0.318. The summed E-state index contributed by atoms with van der Waals surface area (Å²) >= 11 is 0. The Kier molecular flexibility index (Phi) is 4.24. The van der Waals surface area contributed by atoms with Gasteiger partial charge in [0.1, 0.15) is 5.52 Å². The molecule has 24 heavy (non-hydrogen) atoms. The Bertz CT molecular complexity index is 888. The summed E-state index contributed by atoms with van der Waals surface area (Å²) in [5.41, 5.74) is 2.73. The molecule has 7 nitrogen and oxygen atoms in total. The van der Waals surface area contributed by atoms with Gasteiger partial charge in [0.2, 0.25) is 0 Å². The van der Waals surface area contributed by atoms with Crippen LogP contribution in [0.3, 0.4) is 0 Å². The number of oxazole rings is 1. The van der Waals surface area contributed by atoms with E-state index in [9.17, 15) is 4.79 Å². The second-order valence-corrected chi connectivity index (χ2v) is 5.05. The van der Waals surface area contributed by atoms with Gasteiger partial charge in [-0.1, -0.05) is 6.07 Å². The molecular formula is C17H16N2O5. The van der Waals surface area contributed by atoms with Crippen molar-refractivity contribution in [3.05, 3.63) is 47.9 Å². The molecule has 124 valence electrons. The molecule has 2 aromatic carbocycles. The maximum absolute atomic E-state index is 10.9. The van der Waals surface area contributed by atoms with Crippen LogP contribution in [0, 0.1) is 0 Å². The number of ether oxygens (including phenoxy) is 2. The maximum Gasteiger partial charge on any atom is 0.392 e. The Hall–Kier alpha value is -3.22. The van der Waals surface area contributed by atoms with Gasteiger partial charge in [-0.2, -0.15) is 0 Å². The van der Waals surface area contributed by atoms with Crippen molar-refractivity contribution < 1.29 is 23.8 Å². The van der Waals surface area contributed by atoms with E-state index < -0.39 is 5.97 Å². The number of carbonyl (C=O) groups is 1. The molecule has 0 aliphatic carbocycles. The Balaban J connectivity index is 1.76. The predicted octanol–water partition coefficient (Wildman–Crippen LogP) is 3.16. The Morgan fingerprint density at radius 3 is 2.67 bits per heavy atom. The van der Waals surface area contributed by atoms with Crippen molar-refractivity contribution in [2.75, 3.05) is 19.5 Å². The molecule has 0 saturated heterocycles. The molecule has 0 fully saturated rings. The van der Waals surface area contributed by atoms with Gasteiger partial charge in [0, 0.05) is 18.3 Å². The lowest BCUT2D eigenvalue weighted by Crippen LogP contribution is -2.00. The van der Waals surface area contributed by atoms with Gasteiger partial charge >= 0.3 is 11.9 Å². The highest BCUT2D eigenvalue weighted by molar-refractivity contribution is 5.87. The number of anilines is 1. The smallest absolute Gasteiger partial charge is 0.392 e. The molecule has 0 aliphatic rings. The van der Waals surface area contributed by atoms with Crippen molar-refractivity contribution in [2.45, 2.75) is 6.54 Å². The van der Waals surface area contributed by atoms with Gasteiger partial charge in [-0.05, 0) is 29.8 Å². The molecule has 0 aliphatic heterocycles. The number of carboxylic acids is 1. The molecule has 0 radical (unpaired) electrons.